The van der Waals surface area contributed by atoms with E-state index < -0.39 is 11.4 Å². The van der Waals surface area contributed by atoms with Gasteiger partial charge in [0.25, 0.3) is 0 Å². The molecule has 2 aromatic rings. The van der Waals surface area contributed by atoms with Crippen LogP contribution in [0.3, 0.4) is 0 Å². The first kappa shape index (κ1) is 14.8. The van der Waals surface area contributed by atoms with Crippen LogP contribution in [0.2, 0.25) is 0 Å². The minimum absolute atomic E-state index is 0.247. The van der Waals surface area contributed by atoms with Crippen molar-refractivity contribution in [2.75, 3.05) is 0 Å². The summed E-state index contributed by atoms with van der Waals surface area (Å²) in [6.07, 6.45) is 2.82. The first-order valence-corrected chi connectivity index (χ1v) is 6.37. The zero-order valence-electron chi connectivity index (χ0n) is 12.3. The van der Waals surface area contributed by atoms with Crippen molar-refractivity contribution in [3.63, 3.8) is 0 Å². The second-order valence-corrected chi connectivity index (χ2v) is 4.81. The van der Waals surface area contributed by atoms with E-state index in [1.807, 2.05) is 20.9 Å². The van der Waals surface area contributed by atoms with Gasteiger partial charge in [0.15, 0.2) is 5.78 Å². The van der Waals surface area contributed by atoms with E-state index in [9.17, 15) is 14.7 Å². The minimum atomic E-state index is -0.846. The Morgan fingerprint density at radius 1 is 1.38 bits per heavy atom. The third kappa shape index (κ3) is 2.79. The third-order valence-electron chi connectivity index (χ3n) is 3.27. The van der Waals surface area contributed by atoms with Crippen molar-refractivity contribution < 1.29 is 14.3 Å². The van der Waals surface area contributed by atoms with Crippen molar-refractivity contribution in [3.8, 4) is 5.75 Å². The molecule has 0 radical (unpaired) electrons. The number of hydrogen-bond donors (Lipinski definition) is 1. The van der Waals surface area contributed by atoms with Crippen molar-refractivity contribution in [2.24, 2.45) is 7.05 Å². The largest absolute Gasteiger partial charge is 0.507 e. The number of nitrogens with zero attached hydrogens (tertiary/aromatic N) is 2. The fraction of sp³-hybridized carbons (Fsp3) is 0.267. The molecular weight excluding hydrogens is 272 g/mol. The van der Waals surface area contributed by atoms with Crippen molar-refractivity contribution in [3.05, 3.63) is 50.8 Å². The molecule has 1 N–H and O–H groups in total. The number of allylic oxidation sites excluding steroid dienone is 1. The SMILES string of the molecule is Cc1cc(O)c(C(=O)C=Cc2c(C)nn(C)c2C)c(=O)o1. The standard InChI is InChI=1S/C15H16N2O4/c1-8-7-13(19)14(15(20)21-8)12(18)6-5-11-9(2)16-17(4)10(11)3/h5-7,19H,1-4H3. The molecule has 0 saturated heterocycles. The molecule has 0 amide bonds. The number of rotatable bonds is 3. The molecule has 2 aromatic heterocycles. The van der Waals surface area contributed by atoms with Crippen molar-refractivity contribution in [1.29, 1.82) is 0 Å². The van der Waals surface area contributed by atoms with Gasteiger partial charge in [0.05, 0.1) is 5.69 Å². The lowest BCUT2D eigenvalue weighted by Crippen LogP contribution is -2.13. The first-order chi connectivity index (χ1) is 9.81. The second-order valence-electron chi connectivity index (χ2n) is 4.81. The molecule has 2 rings (SSSR count). The molecule has 0 aromatic carbocycles. The summed E-state index contributed by atoms with van der Waals surface area (Å²) in [6, 6.07) is 1.24. The van der Waals surface area contributed by atoms with E-state index in [-0.39, 0.29) is 17.1 Å². The van der Waals surface area contributed by atoms with Gasteiger partial charge in [-0.15, -0.1) is 0 Å². The average Bonchev–Trinajstić information content (AvgIpc) is 2.60. The quantitative estimate of drug-likeness (QED) is 0.688. The summed E-state index contributed by atoms with van der Waals surface area (Å²) in [5.41, 5.74) is 1.27. The Bertz CT molecular complexity index is 797. The van der Waals surface area contributed by atoms with E-state index in [1.165, 1.54) is 19.1 Å². The zero-order valence-corrected chi connectivity index (χ0v) is 12.3. The Hall–Kier alpha value is -2.63. The molecule has 0 bridgehead atoms. The average molecular weight is 288 g/mol. The van der Waals surface area contributed by atoms with Gasteiger partial charge in [-0.2, -0.15) is 5.10 Å². The molecule has 0 aliphatic heterocycles. The Morgan fingerprint density at radius 2 is 2.05 bits per heavy atom. The number of aromatic hydroxyl groups is 1. The second kappa shape index (κ2) is 5.40. The molecule has 2 heterocycles. The highest BCUT2D eigenvalue weighted by Crippen LogP contribution is 2.17. The summed E-state index contributed by atoms with van der Waals surface area (Å²) in [4.78, 5) is 23.7. The molecule has 0 spiro atoms. The Morgan fingerprint density at radius 3 is 2.57 bits per heavy atom. The molecule has 6 nitrogen and oxygen atoms in total. The zero-order chi connectivity index (χ0) is 15.7. The van der Waals surface area contributed by atoms with Gasteiger partial charge in [-0.1, -0.05) is 0 Å². The van der Waals surface area contributed by atoms with E-state index in [0.29, 0.717) is 0 Å². The maximum absolute atomic E-state index is 12.1. The molecule has 0 fully saturated rings. The molecule has 110 valence electrons. The summed E-state index contributed by atoms with van der Waals surface area (Å²) in [7, 11) is 1.81. The molecule has 0 aliphatic rings. The number of aromatic nitrogens is 2. The van der Waals surface area contributed by atoms with Crippen LogP contribution >= 0.6 is 0 Å². The molecule has 6 heteroatoms. The van der Waals surface area contributed by atoms with E-state index in [0.717, 1.165) is 17.0 Å². The lowest BCUT2D eigenvalue weighted by molar-refractivity contribution is 0.104. The lowest BCUT2D eigenvalue weighted by atomic mass is 10.1. The summed E-state index contributed by atoms with van der Waals surface area (Å²) in [6.45, 7) is 5.23. The predicted octanol–water partition coefficient (Wildman–Crippen LogP) is 1.90. The number of carbonyl (C=O) groups excluding carboxylic acids is 1. The number of ketones is 1. The number of carbonyl (C=O) groups is 1. The van der Waals surface area contributed by atoms with E-state index in [1.54, 1.807) is 10.8 Å². The van der Waals surface area contributed by atoms with E-state index in [4.69, 9.17) is 4.42 Å². The van der Waals surface area contributed by atoms with Gasteiger partial charge in [0.2, 0.25) is 0 Å². The Kier molecular flexibility index (Phi) is 3.80. The molecule has 21 heavy (non-hydrogen) atoms. The van der Waals surface area contributed by atoms with Gasteiger partial charge in [-0.05, 0) is 32.9 Å². The predicted molar refractivity (Wildman–Crippen MR) is 77.4 cm³/mol. The monoisotopic (exact) mass is 288 g/mol. The third-order valence-corrected chi connectivity index (χ3v) is 3.27. The van der Waals surface area contributed by atoms with Crippen LogP contribution in [-0.4, -0.2) is 20.7 Å². The smallest absolute Gasteiger partial charge is 0.351 e. The molecule has 0 saturated carbocycles. The normalized spacial score (nSPS) is 11.2. The summed E-state index contributed by atoms with van der Waals surface area (Å²) < 4.78 is 6.53. The van der Waals surface area contributed by atoms with Crippen LogP contribution in [0, 0.1) is 20.8 Å². The highest BCUT2D eigenvalue weighted by atomic mass is 16.4. The fourth-order valence-electron chi connectivity index (χ4n) is 2.10. The fourth-order valence-corrected chi connectivity index (χ4v) is 2.10. The van der Waals surface area contributed by atoms with Gasteiger partial charge in [-0.3, -0.25) is 9.48 Å². The molecule has 0 unspecified atom stereocenters. The van der Waals surface area contributed by atoms with Crippen LogP contribution in [-0.2, 0) is 7.05 Å². The summed E-state index contributed by atoms with van der Waals surface area (Å²) >= 11 is 0. The highest BCUT2D eigenvalue weighted by Gasteiger charge is 2.16. The van der Waals surface area contributed by atoms with E-state index >= 15 is 0 Å². The topological polar surface area (TPSA) is 85.3 Å². The number of hydrogen-bond acceptors (Lipinski definition) is 5. The summed E-state index contributed by atoms with van der Waals surface area (Å²) in [5.74, 6) is -0.737. The maximum atomic E-state index is 12.1. The van der Waals surface area contributed by atoms with Crippen LogP contribution in [0.5, 0.6) is 5.75 Å². The first-order valence-electron chi connectivity index (χ1n) is 6.37. The Balaban J connectivity index is 2.39. The van der Waals surface area contributed by atoms with Crippen LogP contribution in [0.1, 0.15) is 33.1 Å². The van der Waals surface area contributed by atoms with Crippen LogP contribution in [0.4, 0.5) is 0 Å². The van der Waals surface area contributed by atoms with Gasteiger partial charge in [0, 0.05) is 24.4 Å². The lowest BCUT2D eigenvalue weighted by Gasteiger charge is -2.00. The summed E-state index contributed by atoms with van der Waals surface area (Å²) in [5, 5.41) is 14.0. The van der Waals surface area contributed by atoms with Gasteiger partial charge < -0.3 is 9.52 Å². The van der Waals surface area contributed by atoms with Crippen molar-refractivity contribution >= 4 is 11.9 Å². The number of aryl methyl sites for hydroxylation is 3. The van der Waals surface area contributed by atoms with Crippen LogP contribution in [0.15, 0.2) is 21.4 Å². The van der Waals surface area contributed by atoms with Crippen LogP contribution < -0.4 is 5.63 Å². The van der Waals surface area contributed by atoms with Crippen LogP contribution in [0.25, 0.3) is 6.08 Å². The van der Waals surface area contributed by atoms with Crippen molar-refractivity contribution in [1.82, 2.24) is 9.78 Å². The molecule has 0 atom stereocenters. The molecular formula is C15H16N2O4. The maximum Gasteiger partial charge on any atom is 0.351 e. The van der Waals surface area contributed by atoms with E-state index in [2.05, 4.69) is 5.10 Å². The highest BCUT2D eigenvalue weighted by molar-refractivity contribution is 6.08. The van der Waals surface area contributed by atoms with Gasteiger partial charge >= 0.3 is 5.63 Å². The Labute approximate surface area is 121 Å². The van der Waals surface area contributed by atoms with Gasteiger partial charge in [0.1, 0.15) is 17.1 Å². The van der Waals surface area contributed by atoms with Crippen molar-refractivity contribution in [2.45, 2.75) is 20.8 Å². The molecule has 0 aliphatic carbocycles. The minimum Gasteiger partial charge on any atom is -0.507 e. The van der Waals surface area contributed by atoms with Gasteiger partial charge in [-0.25, -0.2) is 4.79 Å².